The molecule has 0 bridgehead atoms. The van der Waals surface area contributed by atoms with E-state index in [0.717, 1.165) is 0 Å². The third-order valence-corrected chi connectivity index (χ3v) is 1.94. The van der Waals surface area contributed by atoms with E-state index in [1.165, 1.54) is 23.3 Å². The molecule has 0 aliphatic carbocycles. The molecular weight excluding hydrogens is 216 g/mol. The molecule has 6 heteroatoms. The van der Waals surface area contributed by atoms with Crippen molar-refractivity contribution in [3.63, 3.8) is 0 Å². The minimum atomic E-state index is -0.295. The number of rotatable bonds is 1. The summed E-state index contributed by atoms with van der Waals surface area (Å²) in [6.07, 6.45) is 5.98. The van der Waals surface area contributed by atoms with Gasteiger partial charge in [-0.05, 0) is 12.1 Å². The molecule has 2 aromatic rings. The zero-order valence-electron chi connectivity index (χ0n) is 7.59. The second kappa shape index (κ2) is 4.10. The smallest absolute Gasteiger partial charge is 0.306 e. The van der Waals surface area contributed by atoms with Gasteiger partial charge in [0.2, 0.25) is 0 Å². The quantitative estimate of drug-likeness (QED) is 0.751. The number of carbonyl (C=O) groups is 1. The number of pyridine rings is 1. The second-order valence-electron chi connectivity index (χ2n) is 2.77. The lowest BCUT2D eigenvalue weighted by atomic mass is 10.4. The maximum absolute atomic E-state index is 11.5. The first kappa shape index (κ1) is 9.67. The molecule has 0 saturated heterocycles. The van der Waals surface area contributed by atoms with Crippen molar-refractivity contribution >= 4 is 23.3 Å². The van der Waals surface area contributed by atoms with Crippen LogP contribution >= 0.6 is 11.6 Å². The van der Waals surface area contributed by atoms with Gasteiger partial charge in [0.1, 0.15) is 11.5 Å². The zero-order chi connectivity index (χ0) is 10.7. The first-order valence-corrected chi connectivity index (χ1v) is 4.54. The Kier molecular flexibility index (Phi) is 2.64. The van der Waals surface area contributed by atoms with Crippen molar-refractivity contribution in [3.05, 3.63) is 42.2 Å². The highest BCUT2D eigenvalue weighted by Crippen LogP contribution is 2.09. The highest BCUT2D eigenvalue weighted by molar-refractivity contribution is 6.29. The monoisotopic (exact) mass is 222 g/mol. The lowest BCUT2D eigenvalue weighted by Crippen LogP contribution is -2.17. The Hall–Kier alpha value is -1.88. The Morgan fingerprint density at radius 1 is 1.47 bits per heavy atom. The number of aromatic nitrogens is 3. The van der Waals surface area contributed by atoms with Gasteiger partial charge < -0.3 is 5.32 Å². The maximum Gasteiger partial charge on any atom is 0.331 e. The van der Waals surface area contributed by atoms with Crippen LogP contribution in [0.25, 0.3) is 0 Å². The van der Waals surface area contributed by atoms with Gasteiger partial charge in [-0.3, -0.25) is 4.57 Å². The minimum absolute atomic E-state index is 0.295. The standard InChI is InChI=1S/C9H7ClN4O/c10-8-2-1-7(5-12-8)13-9(15)14-4-3-11-6-14/h1-6H,(H,13,15). The van der Waals surface area contributed by atoms with Crippen molar-refractivity contribution in [2.75, 3.05) is 5.32 Å². The van der Waals surface area contributed by atoms with E-state index in [9.17, 15) is 4.79 Å². The van der Waals surface area contributed by atoms with Crippen LogP contribution < -0.4 is 5.32 Å². The normalized spacial score (nSPS) is 9.93. The number of carbonyl (C=O) groups excluding carboxylic acids is 1. The first-order valence-electron chi connectivity index (χ1n) is 4.16. The topological polar surface area (TPSA) is 59.8 Å². The Labute approximate surface area is 90.7 Å². The SMILES string of the molecule is O=C(Nc1ccc(Cl)nc1)n1ccnc1. The molecule has 15 heavy (non-hydrogen) atoms. The van der Waals surface area contributed by atoms with Crippen LogP contribution in [-0.4, -0.2) is 20.6 Å². The molecule has 0 aromatic carbocycles. The summed E-state index contributed by atoms with van der Waals surface area (Å²) in [6.45, 7) is 0. The summed E-state index contributed by atoms with van der Waals surface area (Å²) < 4.78 is 1.33. The summed E-state index contributed by atoms with van der Waals surface area (Å²) in [5.41, 5.74) is 0.582. The zero-order valence-corrected chi connectivity index (χ0v) is 8.35. The van der Waals surface area contributed by atoms with Gasteiger partial charge in [-0.25, -0.2) is 14.8 Å². The summed E-state index contributed by atoms with van der Waals surface area (Å²) in [5.74, 6) is 0. The molecule has 0 atom stereocenters. The van der Waals surface area contributed by atoms with Crippen molar-refractivity contribution in [3.8, 4) is 0 Å². The van der Waals surface area contributed by atoms with E-state index >= 15 is 0 Å². The predicted octanol–water partition coefficient (Wildman–Crippen LogP) is 2.01. The Morgan fingerprint density at radius 3 is 2.93 bits per heavy atom. The van der Waals surface area contributed by atoms with Crippen LogP contribution in [0.15, 0.2) is 37.1 Å². The van der Waals surface area contributed by atoms with Crippen LogP contribution in [0, 0.1) is 0 Å². The molecule has 0 saturated carbocycles. The summed E-state index contributed by atoms with van der Waals surface area (Å²) >= 11 is 5.61. The molecule has 76 valence electrons. The van der Waals surface area contributed by atoms with E-state index in [-0.39, 0.29) is 6.03 Å². The molecule has 1 amide bonds. The van der Waals surface area contributed by atoms with Crippen LogP contribution in [0.1, 0.15) is 0 Å². The molecule has 0 radical (unpaired) electrons. The van der Waals surface area contributed by atoms with E-state index in [0.29, 0.717) is 10.8 Å². The van der Waals surface area contributed by atoms with Gasteiger partial charge >= 0.3 is 6.03 Å². The molecule has 2 heterocycles. The maximum atomic E-state index is 11.5. The van der Waals surface area contributed by atoms with E-state index in [1.54, 1.807) is 18.3 Å². The molecule has 0 aliphatic rings. The van der Waals surface area contributed by atoms with E-state index < -0.39 is 0 Å². The molecule has 0 aliphatic heterocycles. The fourth-order valence-corrected chi connectivity index (χ4v) is 1.13. The molecule has 2 aromatic heterocycles. The van der Waals surface area contributed by atoms with Crippen molar-refractivity contribution in [2.24, 2.45) is 0 Å². The largest absolute Gasteiger partial charge is 0.331 e. The number of halogens is 1. The van der Waals surface area contributed by atoms with Gasteiger partial charge in [0.25, 0.3) is 0 Å². The first-order chi connectivity index (χ1) is 7.25. The van der Waals surface area contributed by atoms with E-state index in [4.69, 9.17) is 11.6 Å². The van der Waals surface area contributed by atoms with Crippen molar-refractivity contribution in [1.29, 1.82) is 0 Å². The number of hydrogen-bond donors (Lipinski definition) is 1. The number of amides is 1. The number of imidazole rings is 1. The third-order valence-electron chi connectivity index (χ3n) is 1.72. The molecule has 0 fully saturated rings. The molecule has 0 unspecified atom stereocenters. The summed E-state index contributed by atoms with van der Waals surface area (Å²) in [7, 11) is 0. The van der Waals surface area contributed by atoms with Crippen molar-refractivity contribution in [1.82, 2.24) is 14.5 Å². The average molecular weight is 223 g/mol. The molecule has 2 rings (SSSR count). The van der Waals surface area contributed by atoms with Gasteiger partial charge in [-0.1, -0.05) is 11.6 Å². The molecule has 5 nitrogen and oxygen atoms in total. The number of anilines is 1. The van der Waals surface area contributed by atoms with Gasteiger partial charge in [0, 0.05) is 12.4 Å². The number of nitrogens with zero attached hydrogens (tertiary/aromatic N) is 3. The van der Waals surface area contributed by atoms with Crippen molar-refractivity contribution in [2.45, 2.75) is 0 Å². The van der Waals surface area contributed by atoms with Crippen LogP contribution in [0.2, 0.25) is 5.15 Å². The fraction of sp³-hybridized carbons (Fsp3) is 0. The van der Waals surface area contributed by atoms with E-state index in [2.05, 4.69) is 15.3 Å². The van der Waals surface area contributed by atoms with Crippen molar-refractivity contribution < 1.29 is 4.79 Å². The highest BCUT2D eigenvalue weighted by Gasteiger charge is 2.03. The Morgan fingerprint density at radius 2 is 2.33 bits per heavy atom. The molecule has 0 spiro atoms. The fourth-order valence-electron chi connectivity index (χ4n) is 1.02. The minimum Gasteiger partial charge on any atom is -0.306 e. The Bertz CT molecular complexity index is 451. The van der Waals surface area contributed by atoms with Gasteiger partial charge in [0.15, 0.2) is 0 Å². The van der Waals surface area contributed by atoms with Gasteiger partial charge in [0.05, 0.1) is 11.9 Å². The average Bonchev–Trinajstić information content (AvgIpc) is 2.74. The lowest BCUT2D eigenvalue weighted by Gasteiger charge is -2.03. The van der Waals surface area contributed by atoms with Gasteiger partial charge in [-0.2, -0.15) is 0 Å². The molecular formula is C9H7ClN4O. The van der Waals surface area contributed by atoms with Crippen LogP contribution in [-0.2, 0) is 0 Å². The lowest BCUT2D eigenvalue weighted by molar-refractivity contribution is 0.253. The number of nitrogens with one attached hydrogen (secondary N) is 1. The summed E-state index contributed by atoms with van der Waals surface area (Å²) in [6, 6.07) is 2.98. The predicted molar refractivity (Wildman–Crippen MR) is 55.9 cm³/mol. The summed E-state index contributed by atoms with van der Waals surface area (Å²) in [4.78, 5) is 19.1. The third kappa shape index (κ3) is 2.32. The molecule has 1 N–H and O–H groups in total. The van der Waals surface area contributed by atoms with E-state index in [1.807, 2.05) is 0 Å². The van der Waals surface area contributed by atoms with Crippen LogP contribution in [0.5, 0.6) is 0 Å². The highest BCUT2D eigenvalue weighted by atomic mass is 35.5. The van der Waals surface area contributed by atoms with Crippen LogP contribution in [0.3, 0.4) is 0 Å². The number of hydrogen-bond acceptors (Lipinski definition) is 3. The summed E-state index contributed by atoms with van der Waals surface area (Å²) in [5, 5.41) is 3.02. The Balaban J connectivity index is 2.09. The van der Waals surface area contributed by atoms with Gasteiger partial charge in [-0.15, -0.1) is 0 Å². The second-order valence-corrected chi connectivity index (χ2v) is 3.16. The van der Waals surface area contributed by atoms with Crippen LogP contribution in [0.4, 0.5) is 10.5 Å².